The molecule has 1 fully saturated rings. The van der Waals surface area contributed by atoms with Crippen LogP contribution in [0.2, 0.25) is 18.1 Å². The van der Waals surface area contributed by atoms with Crippen molar-refractivity contribution in [3.05, 3.63) is 34.6 Å². The third-order valence-corrected chi connectivity index (χ3v) is 10.1. The molecule has 2 aromatic heterocycles. The van der Waals surface area contributed by atoms with Crippen molar-refractivity contribution in [2.45, 2.75) is 64.1 Å². The molecular weight excluding hydrogens is 350 g/mol. The van der Waals surface area contributed by atoms with Crippen molar-refractivity contribution in [3.8, 4) is 0 Å². The van der Waals surface area contributed by atoms with Gasteiger partial charge in [0.1, 0.15) is 11.9 Å². The van der Waals surface area contributed by atoms with E-state index in [2.05, 4.69) is 38.8 Å². The van der Waals surface area contributed by atoms with Crippen molar-refractivity contribution in [2.24, 2.45) is 0 Å². The summed E-state index contributed by atoms with van der Waals surface area (Å²) in [5.74, 6) is 0. The van der Waals surface area contributed by atoms with E-state index < -0.39 is 8.32 Å². The van der Waals surface area contributed by atoms with Crippen LogP contribution in [0.5, 0.6) is 0 Å². The lowest BCUT2D eigenvalue weighted by atomic mass is 10.2. The molecule has 1 aliphatic rings. The van der Waals surface area contributed by atoms with Crippen LogP contribution in [0.4, 0.5) is 5.69 Å². The number of nitro groups is 1. The van der Waals surface area contributed by atoms with Gasteiger partial charge in [0, 0.05) is 18.5 Å². The van der Waals surface area contributed by atoms with Crippen LogP contribution in [-0.2, 0) is 9.16 Å². The Labute approximate surface area is 154 Å². The fourth-order valence-corrected chi connectivity index (χ4v) is 4.00. The Kier molecular flexibility index (Phi) is 4.93. The maximum Gasteiger partial charge on any atom is 0.281 e. The van der Waals surface area contributed by atoms with E-state index in [1.165, 1.54) is 12.3 Å². The van der Waals surface area contributed by atoms with Crippen LogP contribution in [0.15, 0.2) is 24.5 Å². The van der Waals surface area contributed by atoms with E-state index in [4.69, 9.17) is 9.16 Å². The number of rotatable bonds is 5. The summed E-state index contributed by atoms with van der Waals surface area (Å²) in [6.45, 7) is 11.7. The predicted octanol–water partition coefficient (Wildman–Crippen LogP) is 4.64. The first-order chi connectivity index (χ1) is 12.1. The number of pyridine rings is 1. The molecule has 142 valence electrons. The minimum atomic E-state index is -1.80. The van der Waals surface area contributed by atoms with Crippen molar-refractivity contribution >= 4 is 25.0 Å². The van der Waals surface area contributed by atoms with Gasteiger partial charge in [0.2, 0.25) is 0 Å². The quantitative estimate of drug-likeness (QED) is 0.431. The van der Waals surface area contributed by atoms with Gasteiger partial charge in [-0.05, 0) is 37.0 Å². The first-order valence-corrected chi connectivity index (χ1v) is 11.9. The second-order valence-corrected chi connectivity index (χ2v) is 13.2. The van der Waals surface area contributed by atoms with Crippen LogP contribution in [0.25, 0.3) is 11.0 Å². The van der Waals surface area contributed by atoms with Gasteiger partial charge in [-0.15, -0.1) is 0 Å². The van der Waals surface area contributed by atoms with Gasteiger partial charge in [-0.2, -0.15) is 0 Å². The van der Waals surface area contributed by atoms with Gasteiger partial charge in [0.05, 0.1) is 23.0 Å². The maximum absolute atomic E-state index is 11.2. The molecule has 2 atom stereocenters. The fourth-order valence-electron chi connectivity index (χ4n) is 2.97. The Morgan fingerprint density at radius 3 is 2.77 bits per heavy atom. The zero-order chi connectivity index (χ0) is 19.1. The molecule has 3 heterocycles. The summed E-state index contributed by atoms with van der Waals surface area (Å²) in [6.07, 6.45) is 4.95. The lowest BCUT2D eigenvalue weighted by Gasteiger charge is -2.36. The molecule has 0 bridgehead atoms. The van der Waals surface area contributed by atoms with E-state index in [1.807, 2.05) is 10.8 Å². The lowest BCUT2D eigenvalue weighted by Crippen LogP contribution is -2.42. The molecule has 0 aliphatic carbocycles. The van der Waals surface area contributed by atoms with Crippen molar-refractivity contribution < 1.29 is 14.1 Å². The average molecular weight is 378 g/mol. The number of aromatic nitrogens is 2. The van der Waals surface area contributed by atoms with Crippen LogP contribution >= 0.6 is 0 Å². The second-order valence-electron chi connectivity index (χ2n) is 8.41. The van der Waals surface area contributed by atoms with E-state index in [1.54, 1.807) is 6.07 Å². The summed E-state index contributed by atoms with van der Waals surface area (Å²) in [5, 5.41) is 11.9. The zero-order valence-corrected chi connectivity index (χ0v) is 17.1. The molecule has 0 unspecified atom stereocenters. The van der Waals surface area contributed by atoms with Crippen LogP contribution in [0, 0.1) is 10.1 Å². The van der Waals surface area contributed by atoms with E-state index in [-0.39, 0.29) is 28.0 Å². The van der Waals surface area contributed by atoms with Crippen LogP contribution in [0.1, 0.15) is 39.8 Å². The monoisotopic (exact) mass is 377 g/mol. The van der Waals surface area contributed by atoms with Crippen molar-refractivity contribution in [1.82, 2.24) is 9.55 Å². The van der Waals surface area contributed by atoms with Gasteiger partial charge in [-0.1, -0.05) is 20.8 Å². The summed E-state index contributed by atoms with van der Waals surface area (Å²) >= 11 is 0. The van der Waals surface area contributed by atoms with Gasteiger partial charge < -0.3 is 13.7 Å². The van der Waals surface area contributed by atoms with Gasteiger partial charge in [-0.25, -0.2) is 4.98 Å². The minimum absolute atomic E-state index is 0.0465. The molecule has 2 aromatic rings. The van der Waals surface area contributed by atoms with Gasteiger partial charge in [0.25, 0.3) is 5.69 Å². The van der Waals surface area contributed by atoms with Crippen LogP contribution < -0.4 is 0 Å². The van der Waals surface area contributed by atoms with Crippen molar-refractivity contribution in [1.29, 1.82) is 0 Å². The molecule has 1 aliphatic heterocycles. The molecule has 0 saturated carbocycles. The largest absolute Gasteiger partial charge is 0.414 e. The zero-order valence-electron chi connectivity index (χ0n) is 16.1. The molecular formula is C18H27N3O4Si. The Balaban J connectivity index is 1.71. The average Bonchev–Trinajstić information content (AvgIpc) is 3.17. The highest BCUT2D eigenvalue weighted by molar-refractivity contribution is 6.74. The van der Waals surface area contributed by atoms with E-state index in [0.29, 0.717) is 17.6 Å². The molecule has 8 heteroatoms. The molecule has 0 aromatic carbocycles. The predicted molar refractivity (Wildman–Crippen MR) is 103 cm³/mol. The van der Waals surface area contributed by atoms with Crippen molar-refractivity contribution in [2.75, 3.05) is 6.61 Å². The summed E-state index contributed by atoms with van der Waals surface area (Å²) in [5.41, 5.74) is 0.666. The Morgan fingerprint density at radius 2 is 2.12 bits per heavy atom. The molecule has 0 N–H and O–H groups in total. The van der Waals surface area contributed by atoms with E-state index in [9.17, 15) is 10.1 Å². The third kappa shape index (κ3) is 3.53. The lowest BCUT2D eigenvalue weighted by molar-refractivity contribution is -0.383. The smallest absolute Gasteiger partial charge is 0.281 e. The normalized spacial score (nSPS) is 21.4. The van der Waals surface area contributed by atoms with Crippen LogP contribution in [0.3, 0.4) is 0 Å². The molecule has 26 heavy (non-hydrogen) atoms. The summed E-state index contributed by atoms with van der Waals surface area (Å²) < 4.78 is 14.4. The number of nitrogens with zero attached hydrogens (tertiary/aromatic N) is 3. The number of hydrogen-bond donors (Lipinski definition) is 0. The van der Waals surface area contributed by atoms with Gasteiger partial charge >= 0.3 is 0 Å². The topological polar surface area (TPSA) is 79.4 Å². The summed E-state index contributed by atoms with van der Waals surface area (Å²) in [6, 6.07) is 3.17. The molecule has 7 nitrogen and oxygen atoms in total. The summed E-state index contributed by atoms with van der Waals surface area (Å²) in [7, 11) is -1.80. The second kappa shape index (κ2) is 6.75. The number of fused-ring (bicyclic) bond motifs is 1. The highest BCUT2D eigenvalue weighted by atomic mass is 28.4. The Bertz CT molecular complexity index is 812. The molecule has 3 rings (SSSR count). The highest BCUT2D eigenvalue weighted by Crippen LogP contribution is 2.38. The standard InChI is InChI=1S/C18H27N3O4Si/c1-18(2,3)26(4,5)24-12-13-6-7-16(25-13)20-11-9-14-15(21(22)23)8-10-19-17(14)20/h8-11,13,16H,6-7,12H2,1-5H3/t13-,16+/m0/s1. The SMILES string of the molecule is CC(C)(C)[Si](C)(C)OC[C@@H]1CC[C@H](n2ccc3c([N+](=O)[O-])ccnc32)O1. The highest BCUT2D eigenvalue weighted by Gasteiger charge is 2.38. The Hall–Kier alpha value is -1.77. The van der Waals surface area contributed by atoms with Gasteiger partial charge in [-0.3, -0.25) is 10.1 Å². The molecule has 0 spiro atoms. The minimum Gasteiger partial charge on any atom is -0.414 e. The van der Waals surface area contributed by atoms with Crippen LogP contribution in [-0.4, -0.2) is 35.5 Å². The third-order valence-electron chi connectivity index (χ3n) is 5.62. The van der Waals surface area contributed by atoms with Crippen molar-refractivity contribution in [3.63, 3.8) is 0 Å². The summed E-state index contributed by atoms with van der Waals surface area (Å²) in [4.78, 5) is 15.1. The number of hydrogen-bond acceptors (Lipinski definition) is 5. The molecule has 0 amide bonds. The fraction of sp³-hybridized carbons (Fsp3) is 0.611. The maximum atomic E-state index is 11.2. The van der Waals surface area contributed by atoms with E-state index in [0.717, 1.165) is 12.8 Å². The number of ether oxygens (including phenoxy) is 1. The Morgan fingerprint density at radius 1 is 1.38 bits per heavy atom. The molecule has 0 radical (unpaired) electrons. The van der Waals surface area contributed by atoms with Gasteiger partial charge in [0.15, 0.2) is 8.32 Å². The van der Waals surface area contributed by atoms with E-state index >= 15 is 0 Å². The first-order valence-electron chi connectivity index (χ1n) is 8.99. The first kappa shape index (κ1) is 19.0. The molecule has 1 saturated heterocycles.